The molecule has 2 aromatic rings. The molecule has 0 unspecified atom stereocenters. The van der Waals surface area contributed by atoms with Gasteiger partial charge >= 0.3 is 0 Å². The Kier molecular flexibility index (Phi) is 6.84. The zero-order valence-electron chi connectivity index (χ0n) is 16.1. The first kappa shape index (κ1) is 20.3. The van der Waals surface area contributed by atoms with Gasteiger partial charge in [0.05, 0.1) is 5.56 Å². The molecule has 0 amide bonds. The largest absolute Gasteiger partial charge is 0.438 e. The lowest BCUT2D eigenvalue weighted by atomic mass is 10.1. The molecule has 144 valence electrons. The van der Waals surface area contributed by atoms with E-state index in [9.17, 15) is 4.39 Å². The normalized spacial score (nSPS) is 11.9. The number of nitrogens with two attached hydrogens (primary N) is 1. The minimum Gasteiger partial charge on any atom is -0.438 e. The number of nitrogens with zero attached hydrogens (tertiary/aromatic N) is 5. The molecule has 2 rings (SSSR count). The second kappa shape index (κ2) is 9.09. The van der Waals surface area contributed by atoms with Gasteiger partial charge in [0, 0.05) is 46.5 Å². The van der Waals surface area contributed by atoms with Crippen LogP contribution in [0.5, 0.6) is 11.6 Å². The van der Waals surface area contributed by atoms with E-state index in [-0.39, 0.29) is 0 Å². The van der Waals surface area contributed by atoms with Crippen LogP contribution in [-0.2, 0) is 7.05 Å². The van der Waals surface area contributed by atoms with Gasteiger partial charge in [0.2, 0.25) is 5.88 Å². The lowest BCUT2D eigenvalue weighted by Gasteiger charge is -2.11. The Morgan fingerprint density at radius 3 is 2.74 bits per heavy atom. The summed E-state index contributed by atoms with van der Waals surface area (Å²) < 4.78 is 21.4. The summed E-state index contributed by atoms with van der Waals surface area (Å²) in [6.45, 7) is 4.38. The van der Waals surface area contributed by atoms with Crippen molar-refractivity contribution in [2.24, 2.45) is 22.8 Å². The Morgan fingerprint density at radius 1 is 1.41 bits per heavy atom. The average molecular weight is 372 g/mol. The smallest absolute Gasteiger partial charge is 0.219 e. The topological polar surface area (TPSA) is 81.0 Å². The predicted molar refractivity (Wildman–Crippen MR) is 108 cm³/mol. The monoisotopic (exact) mass is 372 g/mol. The first-order chi connectivity index (χ1) is 12.8. The zero-order chi connectivity index (χ0) is 20.0. The van der Waals surface area contributed by atoms with Crippen molar-refractivity contribution in [2.45, 2.75) is 6.42 Å². The molecule has 0 bridgehead atoms. The number of ether oxygens (including phenoxy) is 1. The highest BCUT2D eigenvalue weighted by Crippen LogP contribution is 2.29. The number of amidine groups is 1. The van der Waals surface area contributed by atoms with E-state index in [2.05, 4.69) is 21.7 Å². The molecule has 0 saturated heterocycles. The maximum absolute atomic E-state index is 13.8. The Bertz CT molecular complexity index is 869. The van der Waals surface area contributed by atoms with E-state index in [1.54, 1.807) is 37.1 Å². The van der Waals surface area contributed by atoms with Crippen LogP contribution in [0.1, 0.15) is 12.0 Å². The minimum atomic E-state index is -0.421. The van der Waals surface area contributed by atoms with E-state index >= 15 is 0 Å². The van der Waals surface area contributed by atoms with Crippen molar-refractivity contribution in [1.82, 2.24) is 9.78 Å². The average Bonchev–Trinajstić information content (AvgIpc) is 2.98. The molecule has 0 saturated carbocycles. The van der Waals surface area contributed by atoms with Crippen molar-refractivity contribution in [2.75, 3.05) is 32.6 Å². The molecule has 27 heavy (non-hydrogen) atoms. The van der Waals surface area contributed by atoms with Gasteiger partial charge in [-0.05, 0) is 30.7 Å². The number of anilines is 1. The van der Waals surface area contributed by atoms with Crippen molar-refractivity contribution in [3.8, 4) is 11.6 Å². The van der Waals surface area contributed by atoms with Gasteiger partial charge in [-0.25, -0.2) is 14.1 Å². The first-order valence-electron chi connectivity index (χ1n) is 8.43. The molecule has 1 aromatic carbocycles. The van der Waals surface area contributed by atoms with E-state index < -0.39 is 5.82 Å². The summed E-state index contributed by atoms with van der Waals surface area (Å²) in [5.74, 6) is 1.47. The summed E-state index contributed by atoms with van der Waals surface area (Å²) in [4.78, 5) is 10.4. The van der Waals surface area contributed by atoms with Gasteiger partial charge < -0.3 is 15.4 Å². The van der Waals surface area contributed by atoms with Crippen molar-refractivity contribution in [1.29, 1.82) is 0 Å². The number of hydrogen-bond acceptors (Lipinski definition) is 5. The number of halogens is 1. The summed E-state index contributed by atoms with van der Waals surface area (Å²) in [7, 11) is 7.12. The maximum Gasteiger partial charge on any atom is 0.219 e. The van der Waals surface area contributed by atoms with Crippen LogP contribution in [0.4, 0.5) is 10.2 Å². The van der Waals surface area contributed by atoms with E-state index in [1.807, 2.05) is 19.0 Å². The van der Waals surface area contributed by atoms with Gasteiger partial charge in [-0.3, -0.25) is 4.99 Å². The van der Waals surface area contributed by atoms with Crippen LogP contribution in [0.15, 0.2) is 46.4 Å². The fourth-order valence-corrected chi connectivity index (χ4v) is 2.28. The summed E-state index contributed by atoms with van der Waals surface area (Å²) in [6, 6.07) is 5.99. The standard InChI is InChI=1S/C19H25FN6O/c1-13(8-9-21)12-23-19(22-2)15-7-6-14(20)10-16(15)27-18-11-17(25(3)4)24-26(18)5/h6-7,10-12H,1,8-9,21H2,2-5H3. The summed E-state index contributed by atoms with van der Waals surface area (Å²) >= 11 is 0. The lowest BCUT2D eigenvalue weighted by Crippen LogP contribution is -2.09. The van der Waals surface area contributed by atoms with Gasteiger partial charge in [0.1, 0.15) is 11.6 Å². The van der Waals surface area contributed by atoms with Gasteiger partial charge in [0.15, 0.2) is 11.7 Å². The minimum absolute atomic E-state index is 0.297. The molecule has 1 heterocycles. The maximum atomic E-state index is 13.8. The third kappa shape index (κ3) is 5.24. The molecule has 0 spiro atoms. The van der Waals surface area contributed by atoms with Crippen molar-refractivity contribution in [3.63, 3.8) is 0 Å². The van der Waals surface area contributed by atoms with Crippen LogP contribution < -0.4 is 15.4 Å². The fraction of sp³-hybridized carbons (Fsp3) is 0.316. The van der Waals surface area contributed by atoms with E-state index in [1.165, 1.54) is 12.1 Å². The molecule has 8 heteroatoms. The number of rotatable bonds is 7. The summed E-state index contributed by atoms with van der Waals surface area (Å²) in [6.07, 6.45) is 2.24. The quantitative estimate of drug-likeness (QED) is 0.599. The first-order valence-corrected chi connectivity index (χ1v) is 8.43. The number of aryl methyl sites for hydroxylation is 1. The summed E-state index contributed by atoms with van der Waals surface area (Å²) in [5, 5.41) is 4.34. The SMILES string of the molecule is C=C(C=NC(=NC)c1ccc(F)cc1Oc1cc(N(C)C)nn1C)CCN. The Labute approximate surface area is 158 Å². The van der Waals surface area contributed by atoms with Gasteiger partial charge in [-0.2, -0.15) is 5.10 Å². The van der Waals surface area contributed by atoms with Gasteiger partial charge in [-0.1, -0.05) is 6.58 Å². The van der Waals surface area contributed by atoms with Crippen LogP contribution >= 0.6 is 0 Å². The number of aromatic nitrogens is 2. The molecular weight excluding hydrogens is 347 g/mol. The third-order valence-corrected chi connectivity index (χ3v) is 3.73. The fourth-order valence-electron chi connectivity index (χ4n) is 2.28. The molecule has 0 aliphatic rings. The van der Waals surface area contributed by atoms with Gasteiger partial charge in [0.25, 0.3) is 0 Å². The van der Waals surface area contributed by atoms with Gasteiger partial charge in [-0.15, -0.1) is 0 Å². The van der Waals surface area contributed by atoms with E-state index in [4.69, 9.17) is 10.5 Å². The highest BCUT2D eigenvalue weighted by molar-refractivity contribution is 6.06. The molecule has 2 N–H and O–H groups in total. The van der Waals surface area contributed by atoms with Crippen LogP contribution in [-0.4, -0.2) is 49.5 Å². The highest BCUT2D eigenvalue weighted by atomic mass is 19.1. The van der Waals surface area contributed by atoms with E-state index in [0.29, 0.717) is 36.0 Å². The van der Waals surface area contributed by atoms with E-state index in [0.717, 1.165) is 11.4 Å². The number of aliphatic imine (C=N–C) groups is 2. The zero-order valence-corrected chi connectivity index (χ0v) is 16.1. The molecule has 0 aliphatic carbocycles. The molecular formula is C19H25FN6O. The Balaban J connectivity index is 2.38. The van der Waals surface area contributed by atoms with Crippen LogP contribution in [0.3, 0.4) is 0 Å². The molecule has 0 atom stereocenters. The number of benzene rings is 1. The second-order valence-corrected chi connectivity index (χ2v) is 6.10. The molecule has 0 aliphatic heterocycles. The molecule has 0 fully saturated rings. The number of hydrogen-bond donors (Lipinski definition) is 1. The highest BCUT2D eigenvalue weighted by Gasteiger charge is 2.15. The lowest BCUT2D eigenvalue weighted by molar-refractivity contribution is 0.426. The van der Waals surface area contributed by atoms with Crippen molar-refractivity contribution in [3.05, 3.63) is 47.8 Å². The second-order valence-electron chi connectivity index (χ2n) is 6.10. The van der Waals surface area contributed by atoms with Crippen LogP contribution in [0.2, 0.25) is 0 Å². The van der Waals surface area contributed by atoms with Crippen LogP contribution in [0.25, 0.3) is 0 Å². The third-order valence-electron chi connectivity index (χ3n) is 3.73. The molecule has 0 radical (unpaired) electrons. The molecule has 7 nitrogen and oxygen atoms in total. The summed E-state index contributed by atoms with van der Waals surface area (Å²) in [5.41, 5.74) is 6.86. The Hall–Kier alpha value is -3.00. The van der Waals surface area contributed by atoms with Crippen molar-refractivity contribution >= 4 is 17.9 Å². The van der Waals surface area contributed by atoms with Crippen LogP contribution in [0, 0.1) is 5.82 Å². The molecule has 1 aromatic heterocycles. The predicted octanol–water partition coefficient (Wildman–Crippen LogP) is 2.77. The Morgan fingerprint density at radius 2 is 2.15 bits per heavy atom. The van der Waals surface area contributed by atoms with Crippen molar-refractivity contribution < 1.29 is 9.13 Å².